The maximum Gasteiger partial charge on any atom is 0.251 e. The Balaban J connectivity index is 2.17. The number of nitrogens with one attached hydrogen (secondary N) is 1. The van der Waals surface area contributed by atoms with E-state index < -0.39 is 0 Å². The number of carbonyl (C=O) groups excluding carboxylic acids is 1. The SMILES string of the molecule is CC(NC(=O)c1cc(Cl)cc(Cl)c1)c1ccccc1N. The van der Waals surface area contributed by atoms with Gasteiger partial charge in [0.2, 0.25) is 0 Å². The van der Waals surface area contributed by atoms with E-state index in [0.29, 0.717) is 21.3 Å². The molecule has 1 atom stereocenters. The maximum absolute atomic E-state index is 12.2. The molecule has 0 saturated carbocycles. The average molecular weight is 309 g/mol. The summed E-state index contributed by atoms with van der Waals surface area (Å²) in [5.41, 5.74) is 7.82. The second-order valence-corrected chi connectivity index (χ2v) is 5.36. The van der Waals surface area contributed by atoms with Gasteiger partial charge >= 0.3 is 0 Å². The highest BCUT2D eigenvalue weighted by Gasteiger charge is 2.14. The molecule has 0 aliphatic rings. The summed E-state index contributed by atoms with van der Waals surface area (Å²) in [5.74, 6) is -0.245. The quantitative estimate of drug-likeness (QED) is 0.840. The molecule has 1 amide bonds. The van der Waals surface area contributed by atoms with Gasteiger partial charge in [-0.05, 0) is 36.8 Å². The van der Waals surface area contributed by atoms with Crippen molar-refractivity contribution in [2.24, 2.45) is 0 Å². The summed E-state index contributed by atoms with van der Waals surface area (Å²) < 4.78 is 0. The van der Waals surface area contributed by atoms with Crippen LogP contribution in [0, 0.1) is 0 Å². The molecular formula is C15H14Cl2N2O. The second kappa shape index (κ2) is 6.16. The van der Waals surface area contributed by atoms with E-state index in [1.54, 1.807) is 24.3 Å². The first-order valence-electron chi connectivity index (χ1n) is 6.08. The fourth-order valence-electron chi connectivity index (χ4n) is 1.95. The molecule has 0 aromatic heterocycles. The van der Waals surface area contributed by atoms with Crippen LogP contribution in [0.5, 0.6) is 0 Å². The molecule has 0 bridgehead atoms. The summed E-state index contributed by atoms with van der Waals surface area (Å²) in [7, 11) is 0. The molecule has 0 saturated heterocycles. The molecule has 2 aromatic carbocycles. The van der Waals surface area contributed by atoms with Crippen LogP contribution in [-0.2, 0) is 0 Å². The van der Waals surface area contributed by atoms with Gasteiger partial charge in [0, 0.05) is 21.3 Å². The number of halogens is 2. The Kier molecular flexibility index (Phi) is 4.53. The number of amides is 1. The van der Waals surface area contributed by atoms with E-state index in [2.05, 4.69) is 5.32 Å². The van der Waals surface area contributed by atoms with Crippen LogP contribution in [-0.4, -0.2) is 5.91 Å². The fraction of sp³-hybridized carbons (Fsp3) is 0.133. The lowest BCUT2D eigenvalue weighted by Gasteiger charge is -2.16. The Morgan fingerprint density at radius 1 is 1.15 bits per heavy atom. The molecule has 0 aliphatic heterocycles. The van der Waals surface area contributed by atoms with Crippen molar-refractivity contribution < 1.29 is 4.79 Å². The zero-order valence-electron chi connectivity index (χ0n) is 10.9. The lowest BCUT2D eigenvalue weighted by molar-refractivity contribution is 0.0940. The van der Waals surface area contributed by atoms with Crippen molar-refractivity contribution in [3.8, 4) is 0 Å². The van der Waals surface area contributed by atoms with Crippen LogP contribution in [0.4, 0.5) is 5.69 Å². The van der Waals surface area contributed by atoms with E-state index in [9.17, 15) is 4.79 Å². The summed E-state index contributed by atoms with van der Waals surface area (Å²) in [6.07, 6.45) is 0. The van der Waals surface area contributed by atoms with Crippen LogP contribution >= 0.6 is 23.2 Å². The summed E-state index contributed by atoms with van der Waals surface area (Å²) >= 11 is 11.8. The molecule has 3 N–H and O–H groups in total. The second-order valence-electron chi connectivity index (χ2n) is 4.48. The first-order valence-corrected chi connectivity index (χ1v) is 6.84. The lowest BCUT2D eigenvalue weighted by atomic mass is 10.1. The minimum absolute atomic E-state index is 0.207. The minimum atomic E-state index is -0.245. The predicted octanol–water partition coefficient (Wildman–Crippen LogP) is 4.07. The first-order chi connectivity index (χ1) is 9.47. The number of rotatable bonds is 3. The van der Waals surface area contributed by atoms with Gasteiger partial charge in [-0.2, -0.15) is 0 Å². The third-order valence-electron chi connectivity index (χ3n) is 2.93. The number of hydrogen-bond acceptors (Lipinski definition) is 2. The van der Waals surface area contributed by atoms with E-state index in [0.717, 1.165) is 5.56 Å². The molecule has 0 spiro atoms. The molecule has 1 unspecified atom stereocenters. The van der Waals surface area contributed by atoms with Gasteiger partial charge in [-0.3, -0.25) is 4.79 Å². The molecule has 0 radical (unpaired) electrons. The number of benzene rings is 2. The standard InChI is InChI=1S/C15H14Cl2N2O/c1-9(13-4-2-3-5-14(13)18)19-15(20)10-6-11(16)8-12(17)7-10/h2-9H,18H2,1H3,(H,19,20). The normalized spacial score (nSPS) is 11.9. The Bertz CT molecular complexity index is 623. The zero-order chi connectivity index (χ0) is 14.7. The summed E-state index contributed by atoms with van der Waals surface area (Å²) in [6, 6.07) is 11.9. The van der Waals surface area contributed by atoms with Crippen molar-refractivity contribution in [1.29, 1.82) is 0 Å². The average Bonchev–Trinajstić information content (AvgIpc) is 2.37. The van der Waals surface area contributed by atoms with E-state index in [1.165, 1.54) is 0 Å². The van der Waals surface area contributed by atoms with Crippen LogP contribution in [0.2, 0.25) is 10.0 Å². The number of carbonyl (C=O) groups is 1. The Morgan fingerprint density at radius 2 is 1.75 bits per heavy atom. The predicted molar refractivity (Wildman–Crippen MR) is 83.2 cm³/mol. The topological polar surface area (TPSA) is 55.1 Å². The van der Waals surface area contributed by atoms with Gasteiger partial charge in [0.05, 0.1) is 6.04 Å². The van der Waals surface area contributed by atoms with E-state index in [1.807, 2.05) is 25.1 Å². The minimum Gasteiger partial charge on any atom is -0.398 e. The summed E-state index contributed by atoms with van der Waals surface area (Å²) in [5, 5.41) is 3.72. The van der Waals surface area contributed by atoms with E-state index >= 15 is 0 Å². The number of nitrogen functional groups attached to an aromatic ring is 1. The Hall–Kier alpha value is -1.71. The Labute approximate surface area is 127 Å². The molecule has 104 valence electrons. The Morgan fingerprint density at radius 3 is 2.35 bits per heavy atom. The molecule has 20 heavy (non-hydrogen) atoms. The molecular weight excluding hydrogens is 295 g/mol. The van der Waals surface area contributed by atoms with Crippen molar-refractivity contribution >= 4 is 34.8 Å². The highest BCUT2D eigenvalue weighted by molar-refractivity contribution is 6.35. The first kappa shape index (κ1) is 14.7. The smallest absolute Gasteiger partial charge is 0.251 e. The molecule has 2 aromatic rings. The van der Waals surface area contributed by atoms with Gasteiger partial charge in [0.25, 0.3) is 5.91 Å². The van der Waals surface area contributed by atoms with Crippen LogP contribution in [0.1, 0.15) is 28.9 Å². The number of nitrogens with two attached hydrogens (primary N) is 1. The largest absolute Gasteiger partial charge is 0.398 e. The van der Waals surface area contributed by atoms with Gasteiger partial charge in [0.15, 0.2) is 0 Å². The third-order valence-corrected chi connectivity index (χ3v) is 3.37. The van der Waals surface area contributed by atoms with E-state index in [-0.39, 0.29) is 11.9 Å². The lowest BCUT2D eigenvalue weighted by Crippen LogP contribution is -2.27. The number of hydrogen-bond donors (Lipinski definition) is 2. The zero-order valence-corrected chi connectivity index (χ0v) is 12.4. The van der Waals surface area contributed by atoms with Crippen molar-refractivity contribution in [3.63, 3.8) is 0 Å². The van der Waals surface area contributed by atoms with Crippen molar-refractivity contribution in [1.82, 2.24) is 5.32 Å². The van der Waals surface area contributed by atoms with Crippen LogP contribution in [0.3, 0.4) is 0 Å². The fourth-order valence-corrected chi connectivity index (χ4v) is 2.47. The monoisotopic (exact) mass is 308 g/mol. The van der Waals surface area contributed by atoms with Gasteiger partial charge in [0.1, 0.15) is 0 Å². The van der Waals surface area contributed by atoms with Gasteiger partial charge in [-0.15, -0.1) is 0 Å². The number of para-hydroxylation sites is 1. The molecule has 0 fully saturated rings. The molecule has 0 aliphatic carbocycles. The van der Waals surface area contributed by atoms with Crippen LogP contribution in [0.15, 0.2) is 42.5 Å². The van der Waals surface area contributed by atoms with Crippen LogP contribution in [0.25, 0.3) is 0 Å². The van der Waals surface area contributed by atoms with Crippen LogP contribution < -0.4 is 11.1 Å². The van der Waals surface area contributed by atoms with Crippen molar-refractivity contribution in [3.05, 3.63) is 63.6 Å². The van der Waals surface area contributed by atoms with E-state index in [4.69, 9.17) is 28.9 Å². The molecule has 2 rings (SSSR count). The van der Waals surface area contributed by atoms with Gasteiger partial charge in [-0.25, -0.2) is 0 Å². The molecule has 3 nitrogen and oxygen atoms in total. The van der Waals surface area contributed by atoms with Gasteiger partial charge in [-0.1, -0.05) is 41.4 Å². The number of anilines is 1. The molecule has 5 heteroatoms. The summed E-state index contributed by atoms with van der Waals surface area (Å²) in [6.45, 7) is 1.87. The van der Waals surface area contributed by atoms with Gasteiger partial charge < -0.3 is 11.1 Å². The molecule has 0 heterocycles. The highest BCUT2D eigenvalue weighted by atomic mass is 35.5. The highest BCUT2D eigenvalue weighted by Crippen LogP contribution is 2.22. The van der Waals surface area contributed by atoms with Crippen molar-refractivity contribution in [2.75, 3.05) is 5.73 Å². The summed E-state index contributed by atoms with van der Waals surface area (Å²) in [4.78, 5) is 12.2. The van der Waals surface area contributed by atoms with Crippen molar-refractivity contribution in [2.45, 2.75) is 13.0 Å². The maximum atomic E-state index is 12.2. The third kappa shape index (κ3) is 3.44.